The number of hydrogen-bond donors (Lipinski definition) is 3. The molecule has 10 nitrogen and oxygen atoms in total. The molecule has 12 heteroatoms. The Balaban J connectivity index is 1.06. The number of carbonyl (C=O) groups is 2. The van der Waals surface area contributed by atoms with Crippen molar-refractivity contribution in [2.75, 3.05) is 39.3 Å². The number of rotatable bonds is 9. The summed E-state index contributed by atoms with van der Waals surface area (Å²) < 4.78 is 6.93. The van der Waals surface area contributed by atoms with Crippen molar-refractivity contribution in [3.05, 3.63) is 69.8 Å². The fourth-order valence-corrected chi connectivity index (χ4v) is 5.88. The second kappa shape index (κ2) is 12.5. The minimum atomic E-state index is -0.670. The normalized spacial score (nSPS) is 20.2. The van der Waals surface area contributed by atoms with Crippen LogP contribution in [0, 0.1) is 6.92 Å². The fraction of sp³-hybridized carbons (Fsp3) is 0.393. The maximum atomic E-state index is 13.2. The van der Waals surface area contributed by atoms with Crippen LogP contribution in [0.2, 0.25) is 5.02 Å². The molecule has 5 rings (SSSR count). The van der Waals surface area contributed by atoms with E-state index in [4.69, 9.17) is 21.2 Å². The zero-order chi connectivity index (χ0) is 28.2. The van der Waals surface area contributed by atoms with Crippen LogP contribution >= 0.6 is 22.9 Å². The Morgan fingerprint density at radius 3 is 2.92 bits per heavy atom. The van der Waals surface area contributed by atoms with Crippen molar-refractivity contribution >= 4 is 45.0 Å². The molecular weight excluding hydrogens is 554 g/mol. The molecule has 3 aromatic rings. The number of carbonyl (C=O) groups excluding carboxylic acids is 2. The molecule has 40 heavy (non-hydrogen) atoms. The number of ether oxygens (including phenoxy) is 1. The van der Waals surface area contributed by atoms with Gasteiger partial charge in [-0.3, -0.25) is 24.8 Å². The summed E-state index contributed by atoms with van der Waals surface area (Å²) >= 11 is 7.72. The predicted octanol–water partition coefficient (Wildman–Crippen LogP) is 2.75. The van der Waals surface area contributed by atoms with Crippen LogP contribution in [0.15, 0.2) is 54.2 Å². The van der Waals surface area contributed by atoms with E-state index in [2.05, 4.69) is 20.7 Å². The number of nitrogens with zero attached hydrogens (tertiary/aromatic N) is 3. The predicted molar refractivity (Wildman–Crippen MR) is 153 cm³/mol. The highest BCUT2D eigenvalue weighted by atomic mass is 35.5. The number of benzene rings is 2. The maximum Gasteiger partial charge on any atom is 0.272 e. The molecule has 2 aliphatic rings. The number of piperazine rings is 1. The Kier molecular flexibility index (Phi) is 8.87. The summed E-state index contributed by atoms with van der Waals surface area (Å²) in [5, 5.41) is 14.7. The highest BCUT2D eigenvalue weighted by molar-refractivity contribution is 7.18. The van der Waals surface area contributed by atoms with Gasteiger partial charge in [0.15, 0.2) is 0 Å². The molecule has 3 atom stereocenters. The number of halogens is 1. The van der Waals surface area contributed by atoms with E-state index in [1.165, 1.54) is 0 Å². The summed E-state index contributed by atoms with van der Waals surface area (Å²) in [4.78, 5) is 39.5. The van der Waals surface area contributed by atoms with E-state index in [1.54, 1.807) is 46.6 Å². The summed E-state index contributed by atoms with van der Waals surface area (Å²) in [5.74, 6) is 0.209. The van der Waals surface area contributed by atoms with Gasteiger partial charge in [-0.2, -0.15) is 0 Å². The number of amides is 2. The number of hydrogen-bond acceptors (Lipinski definition) is 9. The highest BCUT2D eigenvalue weighted by Gasteiger charge is 2.32. The molecule has 2 amide bonds. The van der Waals surface area contributed by atoms with Gasteiger partial charge in [0, 0.05) is 38.3 Å². The topological polar surface area (TPSA) is 116 Å². The van der Waals surface area contributed by atoms with Crippen molar-refractivity contribution in [1.29, 1.82) is 0 Å². The Labute approximate surface area is 241 Å². The second-order valence-corrected chi connectivity index (χ2v) is 11.6. The molecule has 0 aliphatic carbocycles. The number of thiazole rings is 1. The summed E-state index contributed by atoms with van der Waals surface area (Å²) in [6.45, 7) is 6.53. The zero-order valence-corrected chi connectivity index (χ0v) is 23.9. The van der Waals surface area contributed by atoms with Crippen LogP contribution in [0.4, 0.5) is 0 Å². The van der Waals surface area contributed by atoms with Gasteiger partial charge in [0.05, 0.1) is 32.4 Å². The van der Waals surface area contributed by atoms with Crippen molar-refractivity contribution in [3.8, 4) is 5.75 Å². The standard InChI is InChI=1S/C28H32ClN5O5S/c1-17-14-33(15-19(35)16-38-20-7-8-26-24(11-20)31-18(2)40-26)9-10-34(17)28(37)25-12-21(39-32-25)13-30-27(36)22-5-3-4-6-23(22)29/h3-8,11-12,17,19,21,32,35H,9-10,13-16H2,1-2H3,(H,30,36)/t17-,19+,21?/m0/s1. The Hall–Kier alpha value is -3.22. The van der Waals surface area contributed by atoms with Crippen molar-refractivity contribution < 1.29 is 24.3 Å². The number of aryl methyl sites for hydroxylation is 1. The lowest BCUT2D eigenvalue weighted by atomic mass is 10.1. The van der Waals surface area contributed by atoms with Gasteiger partial charge in [0.1, 0.15) is 30.3 Å². The number of β-amino-alcohol motifs (C(OH)–C–C–N with tert-alkyl or cyclic N) is 1. The van der Waals surface area contributed by atoms with E-state index in [1.807, 2.05) is 32.0 Å². The Bertz CT molecular complexity index is 1410. The first kappa shape index (κ1) is 28.3. The van der Waals surface area contributed by atoms with Gasteiger partial charge in [0.25, 0.3) is 11.8 Å². The van der Waals surface area contributed by atoms with Crippen molar-refractivity contribution in [1.82, 2.24) is 25.6 Å². The largest absolute Gasteiger partial charge is 0.491 e. The number of aromatic nitrogens is 1. The van der Waals surface area contributed by atoms with Crippen molar-refractivity contribution in [2.24, 2.45) is 0 Å². The maximum absolute atomic E-state index is 13.2. The van der Waals surface area contributed by atoms with E-state index in [9.17, 15) is 14.7 Å². The quantitative estimate of drug-likeness (QED) is 0.351. The lowest BCUT2D eigenvalue weighted by Gasteiger charge is -2.40. The average molecular weight is 586 g/mol. The van der Waals surface area contributed by atoms with Crippen LogP contribution in [-0.2, 0) is 9.63 Å². The van der Waals surface area contributed by atoms with Crippen LogP contribution < -0.4 is 15.5 Å². The van der Waals surface area contributed by atoms with Crippen molar-refractivity contribution in [3.63, 3.8) is 0 Å². The molecule has 1 fully saturated rings. The number of fused-ring (bicyclic) bond motifs is 1. The zero-order valence-electron chi connectivity index (χ0n) is 22.3. The van der Waals surface area contributed by atoms with Crippen LogP contribution in [-0.4, -0.2) is 89.3 Å². The SMILES string of the molecule is Cc1nc2cc(OC[C@H](O)CN3CCN(C(=O)C4=CC(CNC(=O)c5ccccc5Cl)ON4)[C@@H](C)C3)ccc2s1. The number of hydroxylamine groups is 1. The molecular formula is C28H32ClN5O5S. The number of aliphatic hydroxyl groups is 1. The number of nitrogens with one attached hydrogen (secondary N) is 2. The second-order valence-electron chi connectivity index (χ2n) is 9.96. The molecule has 0 spiro atoms. The molecule has 1 unspecified atom stereocenters. The molecule has 0 radical (unpaired) electrons. The van der Waals surface area contributed by atoms with Crippen LogP contribution in [0.3, 0.4) is 0 Å². The minimum Gasteiger partial charge on any atom is -0.491 e. The van der Waals surface area contributed by atoms with E-state index in [-0.39, 0.29) is 31.0 Å². The van der Waals surface area contributed by atoms with Crippen LogP contribution in [0.25, 0.3) is 10.2 Å². The minimum absolute atomic E-state index is 0.0636. The average Bonchev–Trinajstić information content (AvgIpc) is 3.56. The van der Waals surface area contributed by atoms with Gasteiger partial charge in [-0.15, -0.1) is 11.3 Å². The molecule has 2 aliphatic heterocycles. The molecule has 0 bridgehead atoms. The molecule has 212 valence electrons. The van der Waals surface area contributed by atoms with Gasteiger partial charge in [-0.25, -0.2) is 4.98 Å². The molecule has 3 N–H and O–H groups in total. The van der Waals surface area contributed by atoms with E-state index >= 15 is 0 Å². The number of aliphatic hydroxyl groups excluding tert-OH is 1. The summed E-state index contributed by atoms with van der Waals surface area (Å²) in [6.07, 6.45) is 0.522. The third-order valence-electron chi connectivity index (χ3n) is 6.84. The molecule has 3 heterocycles. The first-order valence-electron chi connectivity index (χ1n) is 13.1. The van der Waals surface area contributed by atoms with E-state index in [0.29, 0.717) is 48.2 Å². The van der Waals surface area contributed by atoms with Crippen LogP contribution in [0.5, 0.6) is 5.75 Å². The highest BCUT2D eigenvalue weighted by Crippen LogP contribution is 2.25. The monoisotopic (exact) mass is 585 g/mol. The van der Waals surface area contributed by atoms with Gasteiger partial charge in [-0.05, 0) is 44.2 Å². The summed E-state index contributed by atoms with van der Waals surface area (Å²) in [6, 6.07) is 12.5. The molecule has 1 saturated heterocycles. The molecule has 2 aromatic carbocycles. The fourth-order valence-electron chi connectivity index (χ4n) is 4.85. The van der Waals surface area contributed by atoms with Crippen molar-refractivity contribution in [2.45, 2.75) is 32.1 Å². The third kappa shape index (κ3) is 6.73. The first-order chi connectivity index (χ1) is 19.3. The summed E-state index contributed by atoms with van der Waals surface area (Å²) in [5.41, 5.74) is 4.33. The van der Waals surface area contributed by atoms with Gasteiger partial charge >= 0.3 is 0 Å². The van der Waals surface area contributed by atoms with E-state index < -0.39 is 12.2 Å². The molecule has 1 aromatic heterocycles. The van der Waals surface area contributed by atoms with Gasteiger partial charge in [-0.1, -0.05) is 23.7 Å². The van der Waals surface area contributed by atoms with Gasteiger partial charge < -0.3 is 20.1 Å². The Morgan fingerprint density at radius 1 is 1.30 bits per heavy atom. The van der Waals surface area contributed by atoms with Gasteiger partial charge in [0.2, 0.25) is 0 Å². The van der Waals surface area contributed by atoms with E-state index in [0.717, 1.165) is 15.2 Å². The Morgan fingerprint density at radius 2 is 2.12 bits per heavy atom. The third-order valence-corrected chi connectivity index (χ3v) is 8.12. The van der Waals surface area contributed by atoms with Crippen LogP contribution in [0.1, 0.15) is 22.3 Å². The smallest absolute Gasteiger partial charge is 0.272 e. The lowest BCUT2D eigenvalue weighted by molar-refractivity contribution is -0.133. The lowest BCUT2D eigenvalue weighted by Crippen LogP contribution is -2.56. The molecule has 0 saturated carbocycles. The first-order valence-corrected chi connectivity index (χ1v) is 14.3. The summed E-state index contributed by atoms with van der Waals surface area (Å²) in [7, 11) is 0.